The number of nitrogens with one attached hydrogen (secondary N) is 4. The highest BCUT2D eigenvalue weighted by atomic mass is 32.1. The first kappa shape index (κ1) is 22.6. The van der Waals surface area contributed by atoms with Gasteiger partial charge in [-0.15, -0.1) is 0 Å². The number of hydrazine groups is 1. The van der Waals surface area contributed by atoms with E-state index in [9.17, 15) is 14.4 Å². The Morgan fingerprint density at radius 3 is 2.45 bits per heavy atom. The number of carbonyl (C=O) groups excluding carboxylic acids is 3. The zero-order valence-corrected chi connectivity index (χ0v) is 17.5. The molecule has 6 N–H and O–H groups in total. The summed E-state index contributed by atoms with van der Waals surface area (Å²) >= 11 is 4.07. The lowest BCUT2D eigenvalue weighted by Crippen LogP contribution is -2.56. The van der Waals surface area contributed by atoms with Gasteiger partial charge in [0.2, 0.25) is 5.91 Å². The number of aromatic amines is 1. The predicted molar refractivity (Wildman–Crippen MR) is 113 cm³/mol. The van der Waals surface area contributed by atoms with Gasteiger partial charge in [0.25, 0.3) is 5.91 Å². The van der Waals surface area contributed by atoms with E-state index in [-0.39, 0.29) is 12.2 Å². The van der Waals surface area contributed by atoms with Crippen LogP contribution in [0.2, 0.25) is 0 Å². The molecule has 9 nitrogen and oxygen atoms in total. The molecular weight excluding hydrogens is 394 g/mol. The lowest BCUT2D eigenvalue weighted by Gasteiger charge is -2.24. The van der Waals surface area contributed by atoms with Gasteiger partial charge in [0.1, 0.15) is 17.7 Å². The first-order valence-corrected chi connectivity index (χ1v) is 9.74. The Balaban J connectivity index is 2.23. The molecule has 2 atom stereocenters. The van der Waals surface area contributed by atoms with Gasteiger partial charge in [-0.3, -0.25) is 15.0 Å². The molecular formula is C19H27N5O4S. The van der Waals surface area contributed by atoms with Crippen LogP contribution in [0.1, 0.15) is 26.3 Å². The van der Waals surface area contributed by atoms with Crippen LogP contribution in [0.4, 0.5) is 4.79 Å². The normalized spacial score (nSPS) is 13.4. The van der Waals surface area contributed by atoms with Crippen LogP contribution in [-0.4, -0.2) is 46.3 Å². The maximum atomic E-state index is 12.8. The topological polar surface area (TPSA) is 138 Å². The van der Waals surface area contributed by atoms with Gasteiger partial charge in [-0.25, -0.2) is 10.6 Å². The molecule has 1 heterocycles. The van der Waals surface area contributed by atoms with Crippen LogP contribution in [0.5, 0.6) is 0 Å². The molecule has 1 aromatic heterocycles. The number of rotatable bonds is 7. The summed E-state index contributed by atoms with van der Waals surface area (Å²) in [5.41, 5.74) is 3.01. The molecule has 0 aliphatic carbocycles. The molecule has 2 rings (SSSR count). The predicted octanol–water partition coefficient (Wildman–Crippen LogP) is 1.01. The number of hydrogen-bond acceptors (Lipinski definition) is 6. The number of hydrogen-bond donors (Lipinski definition) is 6. The van der Waals surface area contributed by atoms with Gasteiger partial charge in [0, 0.05) is 29.3 Å². The number of fused-ring (bicyclic) bond motifs is 1. The van der Waals surface area contributed by atoms with E-state index in [0.29, 0.717) is 0 Å². The number of benzene rings is 1. The molecule has 0 radical (unpaired) electrons. The zero-order valence-electron chi connectivity index (χ0n) is 16.6. The van der Waals surface area contributed by atoms with E-state index in [1.54, 1.807) is 27.0 Å². The minimum absolute atomic E-state index is 0.0427. The summed E-state index contributed by atoms with van der Waals surface area (Å²) in [7, 11) is 0. The van der Waals surface area contributed by atoms with Crippen LogP contribution in [0, 0.1) is 0 Å². The van der Waals surface area contributed by atoms with Crippen molar-refractivity contribution in [3.63, 3.8) is 0 Å². The molecule has 3 amide bonds. The Hall–Kier alpha value is -2.72. The molecule has 0 bridgehead atoms. The van der Waals surface area contributed by atoms with E-state index in [0.717, 1.165) is 16.5 Å². The lowest BCUT2D eigenvalue weighted by atomic mass is 10.0. The van der Waals surface area contributed by atoms with Crippen molar-refractivity contribution in [1.82, 2.24) is 21.0 Å². The highest BCUT2D eigenvalue weighted by Gasteiger charge is 2.28. The molecule has 0 spiro atoms. The van der Waals surface area contributed by atoms with E-state index >= 15 is 0 Å². The van der Waals surface area contributed by atoms with Gasteiger partial charge in [-0.2, -0.15) is 12.6 Å². The fraction of sp³-hybridized carbons (Fsp3) is 0.421. The minimum atomic E-state index is -0.975. The van der Waals surface area contributed by atoms with Crippen molar-refractivity contribution in [2.24, 2.45) is 5.84 Å². The molecule has 10 heteroatoms. The fourth-order valence-corrected chi connectivity index (χ4v) is 3.00. The first-order chi connectivity index (χ1) is 13.6. The largest absolute Gasteiger partial charge is 0.444 e. The number of ether oxygens (including phenoxy) is 1. The van der Waals surface area contributed by atoms with Crippen molar-refractivity contribution >= 4 is 41.4 Å². The molecule has 0 saturated heterocycles. The molecule has 0 aliphatic rings. The summed E-state index contributed by atoms with van der Waals surface area (Å²) < 4.78 is 5.27. The van der Waals surface area contributed by atoms with Crippen molar-refractivity contribution in [2.45, 2.75) is 44.9 Å². The second kappa shape index (κ2) is 9.66. The SMILES string of the molecule is CC(C)(C)OC(=O)NC(Cc1c[nH]c2ccccc12)C(=O)NC(CS)C(=O)NN. The summed E-state index contributed by atoms with van der Waals surface area (Å²) in [4.78, 5) is 40.0. The van der Waals surface area contributed by atoms with Crippen LogP contribution in [0.15, 0.2) is 30.5 Å². The smallest absolute Gasteiger partial charge is 0.408 e. The Kier molecular flexibility index (Phi) is 7.52. The van der Waals surface area contributed by atoms with Gasteiger partial charge in [-0.1, -0.05) is 18.2 Å². The quantitative estimate of drug-likeness (QED) is 0.171. The Morgan fingerprint density at radius 2 is 1.83 bits per heavy atom. The second-order valence-electron chi connectivity index (χ2n) is 7.51. The molecule has 0 aliphatic heterocycles. The van der Waals surface area contributed by atoms with E-state index in [1.165, 1.54) is 0 Å². The molecule has 1 aromatic carbocycles. The van der Waals surface area contributed by atoms with Crippen molar-refractivity contribution in [1.29, 1.82) is 0 Å². The number of amides is 3. The number of H-pyrrole nitrogens is 1. The average molecular weight is 422 g/mol. The van der Waals surface area contributed by atoms with Crippen molar-refractivity contribution in [2.75, 3.05) is 5.75 Å². The fourth-order valence-electron chi connectivity index (χ4n) is 2.75. The summed E-state index contributed by atoms with van der Waals surface area (Å²) in [5, 5.41) is 6.08. The van der Waals surface area contributed by atoms with Gasteiger partial charge in [-0.05, 0) is 32.4 Å². The van der Waals surface area contributed by atoms with Crippen LogP contribution in [0.25, 0.3) is 10.9 Å². The summed E-state index contributed by atoms with van der Waals surface area (Å²) in [6.45, 7) is 5.18. The number of thiol groups is 1. The Bertz CT molecular complexity index is 877. The van der Waals surface area contributed by atoms with Gasteiger partial charge in [0.05, 0.1) is 0 Å². The maximum absolute atomic E-state index is 12.8. The number of para-hydroxylation sites is 1. The Morgan fingerprint density at radius 1 is 1.14 bits per heavy atom. The third-order valence-corrected chi connectivity index (χ3v) is 4.43. The molecule has 0 saturated carbocycles. The maximum Gasteiger partial charge on any atom is 0.408 e. The minimum Gasteiger partial charge on any atom is -0.444 e. The third kappa shape index (κ3) is 6.40. The zero-order chi connectivity index (χ0) is 21.6. The molecule has 2 unspecified atom stereocenters. The average Bonchev–Trinajstić information content (AvgIpc) is 3.06. The molecule has 29 heavy (non-hydrogen) atoms. The third-order valence-electron chi connectivity index (χ3n) is 4.06. The lowest BCUT2D eigenvalue weighted by molar-refractivity contribution is -0.129. The monoisotopic (exact) mass is 421 g/mol. The number of alkyl carbamates (subject to hydrolysis) is 1. The van der Waals surface area contributed by atoms with E-state index in [2.05, 4.69) is 28.2 Å². The highest BCUT2D eigenvalue weighted by molar-refractivity contribution is 7.80. The summed E-state index contributed by atoms with van der Waals surface area (Å²) in [5.74, 6) is 4.05. The number of carbonyl (C=O) groups is 3. The van der Waals surface area contributed by atoms with Crippen LogP contribution < -0.4 is 21.9 Å². The van der Waals surface area contributed by atoms with Gasteiger partial charge < -0.3 is 20.4 Å². The summed E-state index contributed by atoms with van der Waals surface area (Å²) in [6.07, 6.45) is 1.24. The standard InChI is InChI=1S/C19H27N5O4S/c1-19(2,3)28-18(27)23-14(16(25)22-15(10-29)17(26)24-20)8-11-9-21-13-7-5-4-6-12(11)13/h4-7,9,14-15,21,29H,8,10,20H2,1-3H3,(H,22,25)(H,23,27)(H,24,26). The highest BCUT2D eigenvalue weighted by Crippen LogP contribution is 2.19. The molecule has 158 valence electrons. The van der Waals surface area contributed by atoms with Crippen LogP contribution in [0.3, 0.4) is 0 Å². The van der Waals surface area contributed by atoms with Crippen LogP contribution >= 0.6 is 12.6 Å². The Labute approximate surface area is 174 Å². The second-order valence-corrected chi connectivity index (χ2v) is 7.88. The van der Waals surface area contributed by atoms with E-state index in [1.807, 2.05) is 29.7 Å². The number of aromatic nitrogens is 1. The molecule has 0 fully saturated rings. The molecule has 2 aromatic rings. The van der Waals surface area contributed by atoms with Gasteiger partial charge >= 0.3 is 6.09 Å². The van der Waals surface area contributed by atoms with Crippen molar-refractivity contribution in [3.8, 4) is 0 Å². The van der Waals surface area contributed by atoms with E-state index < -0.39 is 35.6 Å². The number of nitrogens with two attached hydrogens (primary N) is 1. The summed E-state index contributed by atoms with van der Waals surface area (Å²) in [6, 6.07) is 5.70. The first-order valence-electron chi connectivity index (χ1n) is 9.10. The van der Waals surface area contributed by atoms with E-state index in [4.69, 9.17) is 10.6 Å². The van der Waals surface area contributed by atoms with Crippen molar-refractivity contribution in [3.05, 3.63) is 36.0 Å². The van der Waals surface area contributed by atoms with Crippen molar-refractivity contribution < 1.29 is 19.1 Å². The van der Waals surface area contributed by atoms with Crippen LogP contribution in [-0.2, 0) is 20.7 Å². The van der Waals surface area contributed by atoms with Gasteiger partial charge in [0.15, 0.2) is 0 Å².